The van der Waals surface area contributed by atoms with Crippen LogP contribution >= 0.6 is 0 Å². The molecular formula is C17H24N2O4. The second kappa shape index (κ2) is 8.08. The van der Waals surface area contributed by atoms with Crippen molar-refractivity contribution in [2.45, 2.75) is 26.3 Å². The molecule has 3 N–H and O–H groups in total. The minimum Gasteiger partial charge on any atom is -0.462 e. The molecule has 6 nitrogen and oxygen atoms in total. The third-order valence-electron chi connectivity index (χ3n) is 4.24. The van der Waals surface area contributed by atoms with Crippen LogP contribution in [0.3, 0.4) is 0 Å². The van der Waals surface area contributed by atoms with Gasteiger partial charge in [0.1, 0.15) is 0 Å². The molecule has 1 aromatic carbocycles. The van der Waals surface area contributed by atoms with Gasteiger partial charge in [0.25, 0.3) is 0 Å². The van der Waals surface area contributed by atoms with Crippen LogP contribution in [-0.2, 0) is 20.8 Å². The number of hydrogen-bond donors (Lipinski definition) is 2. The van der Waals surface area contributed by atoms with E-state index in [0.29, 0.717) is 51.3 Å². The summed E-state index contributed by atoms with van der Waals surface area (Å²) in [6.07, 6.45) is 1.30. The summed E-state index contributed by atoms with van der Waals surface area (Å²) in [5.41, 5.74) is 6.72. The Kier molecular flexibility index (Phi) is 6.12. The Bertz CT molecular complexity index is 536. The van der Waals surface area contributed by atoms with Gasteiger partial charge in [-0.25, -0.2) is 4.79 Å². The van der Waals surface area contributed by atoms with E-state index in [4.69, 9.17) is 15.2 Å². The molecule has 1 saturated heterocycles. The summed E-state index contributed by atoms with van der Waals surface area (Å²) < 4.78 is 10.3. The third-order valence-corrected chi connectivity index (χ3v) is 4.24. The van der Waals surface area contributed by atoms with Crippen LogP contribution in [0.15, 0.2) is 24.3 Å². The summed E-state index contributed by atoms with van der Waals surface area (Å²) in [5.74, 6) is -0.370. The highest BCUT2D eigenvalue weighted by Crippen LogP contribution is 2.29. The zero-order chi connectivity index (χ0) is 16.7. The molecule has 126 valence electrons. The van der Waals surface area contributed by atoms with Gasteiger partial charge in [0.05, 0.1) is 17.6 Å². The fourth-order valence-electron chi connectivity index (χ4n) is 2.63. The van der Waals surface area contributed by atoms with Crippen molar-refractivity contribution in [3.05, 3.63) is 35.4 Å². The maximum Gasteiger partial charge on any atom is 0.338 e. The van der Waals surface area contributed by atoms with Gasteiger partial charge in [-0.2, -0.15) is 0 Å². The molecule has 1 aliphatic heterocycles. The highest BCUT2D eigenvalue weighted by Gasteiger charge is 2.38. The summed E-state index contributed by atoms with van der Waals surface area (Å²) in [5, 5.41) is 2.94. The maximum atomic E-state index is 12.5. The van der Waals surface area contributed by atoms with Gasteiger partial charge in [-0.3, -0.25) is 4.79 Å². The third kappa shape index (κ3) is 4.30. The number of nitrogens with one attached hydrogen (secondary N) is 1. The predicted octanol–water partition coefficient (Wildman–Crippen LogP) is 1.23. The van der Waals surface area contributed by atoms with Crippen molar-refractivity contribution < 1.29 is 19.1 Å². The lowest BCUT2D eigenvalue weighted by atomic mass is 9.79. The molecule has 2 rings (SSSR count). The second-order valence-electron chi connectivity index (χ2n) is 5.70. The van der Waals surface area contributed by atoms with Gasteiger partial charge in [0.2, 0.25) is 5.91 Å². The normalized spacial score (nSPS) is 16.6. The van der Waals surface area contributed by atoms with E-state index in [9.17, 15) is 9.59 Å². The molecule has 0 atom stereocenters. The van der Waals surface area contributed by atoms with Gasteiger partial charge in [-0.05, 0) is 37.5 Å². The average molecular weight is 320 g/mol. The molecule has 1 aromatic rings. The number of esters is 1. The molecule has 1 heterocycles. The van der Waals surface area contributed by atoms with Crippen molar-refractivity contribution in [1.82, 2.24) is 5.32 Å². The Hall–Kier alpha value is -1.92. The number of hydrogen-bond acceptors (Lipinski definition) is 5. The first-order valence-electron chi connectivity index (χ1n) is 7.93. The standard InChI is InChI=1S/C17H24N2O4/c1-2-23-15(20)14-5-3-13(4-6-14)11-19-16(21)17(12-18)7-9-22-10-8-17/h3-6H,2,7-12,18H2,1H3,(H,19,21). The highest BCUT2D eigenvalue weighted by atomic mass is 16.5. The smallest absolute Gasteiger partial charge is 0.338 e. The van der Waals surface area contributed by atoms with Gasteiger partial charge in [0.15, 0.2) is 0 Å². The minimum absolute atomic E-state index is 0.0298. The molecule has 0 radical (unpaired) electrons. The number of carbonyl (C=O) groups excluding carboxylic acids is 2. The first-order chi connectivity index (χ1) is 11.1. The fourth-order valence-corrected chi connectivity index (χ4v) is 2.63. The van der Waals surface area contributed by atoms with E-state index in [2.05, 4.69) is 5.32 Å². The average Bonchev–Trinajstić information content (AvgIpc) is 2.60. The SMILES string of the molecule is CCOC(=O)c1ccc(CNC(=O)C2(CN)CCOCC2)cc1. The lowest BCUT2D eigenvalue weighted by Crippen LogP contribution is -2.48. The van der Waals surface area contributed by atoms with Gasteiger partial charge < -0.3 is 20.5 Å². The number of nitrogens with two attached hydrogens (primary N) is 1. The van der Waals surface area contributed by atoms with Crippen molar-refractivity contribution in [2.24, 2.45) is 11.1 Å². The molecule has 0 aromatic heterocycles. The van der Waals surface area contributed by atoms with Gasteiger partial charge >= 0.3 is 5.97 Å². The minimum atomic E-state index is -0.525. The molecule has 0 bridgehead atoms. The topological polar surface area (TPSA) is 90.7 Å². The number of ether oxygens (including phenoxy) is 2. The van der Waals surface area contributed by atoms with E-state index in [0.717, 1.165) is 5.56 Å². The largest absolute Gasteiger partial charge is 0.462 e. The summed E-state index contributed by atoms with van der Waals surface area (Å²) in [6, 6.07) is 7.02. The van der Waals surface area contributed by atoms with Crippen LogP contribution in [-0.4, -0.2) is 38.2 Å². The second-order valence-corrected chi connectivity index (χ2v) is 5.70. The van der Waals surface area contributed by atoms with Crippen molar-refractivity contribution >= 4 is 11.9 Å². The van der Waals surface area contributed by atoms with Crippen LogP contribution in [0.25, 0.3) is 0 Å². The maximum absolute atomic E-state index is 12.5. The summed E-state index contributed by atoms with van der Waals surface area (Å²) in [6.45, 7) is 3.99. The molecule has 23 heavy (non-hydrogen) atoms. The first-order valence-corrected chi connectivity index (χ1v) is 7.93. The fraction of sp³-hybridized carbons (Fsp3) is 0.529. The van der Waals surface area contributed by atoms with E-state index in [1.54, 1.807) is 19.1 Å². The molecule has 0 saturated carbocycles. The van der Waals surface area contributed by atoms with E-state index < -0.39 is 5.41 Å². The molecule has 0 aliphatic carbocycles. The Morgan fingerprint density at radius 1 is 1.26 bits per heavy atom. The number of carbonyl (C=O) groups is 2. The van der Waals surface area contributed by atoms with Crippen molar-refractivity contribution in [3.8, 4) is 0 Å². The zero-order valence-corrected chi connectivity index (χ0v) is 13.5. The zero-order valence-electron chi connectivity index (χ0n) is 13.5. The Labute approximate surface area is 136 Å². The number of rotatable bonds is 6. The van der Waals surface area contributed by atoms with Crippen LogP contribution in [0.4, 0.5) is 0 Å². The van der Waals surface area contributed by atoms with E-state index in [1.165, 1.54) is 0 Å². The highest BCUT2D eigenvalue weighted by molar-refractivity contribution is 5.89. The molecular weight excluding hydrogens is 296 g/mol. The lowest BCUT2D eigenvalue weighted by Gasteiger charge is -2.34. The molecule has 1 fully saturated rings. The Morgan fingerprint density at radius 2 is 1.91 bits per heavy atom. The number of amides is 1. The lowest BCUT2D eigenvalue weighted by molar-refractivity contribution is -0.136. The molecule has 0 spiro atoms. The first kappa shape index (κ1) is 17.4. The van der Waals surface area contributed by atoms with Gasteiger partial charge in [0, 0.05) is 26.3 Å². The molecule has 1 aliphatic rings. The Balaban J connectivity index is 1.92. The van der Waals surface area contributed by atoms with Crippen LogP contribution in [0.1, 0.15) is 35.7 Å². The van der Waals surface area contributed by atoms with Crippen LogP contribution < -0.4 is 11.1 Å². The molecule has 1 amide bonds. The van der Waals surface area contributed by atoms with Crippen LogP contribution in [0, 0.1) is 5.41 Å². The van der Waals surface area contributed by atoms with Crippen LogP contribution in [0.2, 0.25) is 0 Å². The Morgan fingerprint density at radius 3 is 2.48 bits per heavy atom. The van der Waals surface area contributed by atoms with E-state index in [1.807, 2.05) is 12.1 Å². The summed E-state index contributed by atoms with van der Waals surface area (Å²) >= 11 is 0. The van der Waals surface area contributed by atoms with E-state index in [-0.39, 0.29) is 11.9 Å². The van der Waals surface area contributed by atoms with Crippen LogP contribution in [0.5, 0.6) is 0 Å². The molecule has 6 heteroatoms. The summed E-state index contributed by atoms with van der Waals surface area (Å²) in [4.78, 5) is 24.1. The van der Waals surface area contributed by atoms with Crippen molar-refractivity contribution in [1.29, 1.82) is 0 Å². The summed E-state index contributed by atoms with van der Waals surface area (Å²) in [7, 11) is 0. The van der Waals surface area contributed by atoms with Gasteiger partial charge in [-0.1, -0.05) is 12.1 Å². The number of benzene rings is 1. The van der Waals surface area contributed by atoms with Crippen molar-refractivity contribution in [3.63, 3.8) is 0 Å². The quantitative estimate of drug-likeness (QED) is 0.770. The van der Waals surface area contributed by atoms with Crippen molar-refractivity contribution in [2.75, 3.05) is 26.4 Å². The predicted molar refractivity (Wildman–Crippen MR) is 85.8 cm³/mol. The molecule has 0 unspecified atom stereocenters. The monoisotopic (exact) mass is 320 g/mol. The van der Waals surface area contributed by atoms with Gasteiger partial charge in [-0.15, -0.1) is 0 Å². The van der Waals surface area contributed by atoms with E-state index >= 15 is 0 Å².